The van der Waals surface area contributed by atoms with E-state index in [1.165, 1.54) is 7.05 Å². The molecule has 0 aliphatic rings. The fourth-order valence-electron chi connectivity index (χ4n) is 0.420. The number of nitrogens with one attached hydrogen (secondary N) is 2. The Kier molecular flexibility index (Phi) is 3.43. The highest BCUT2D eigenvalue weighted by atomic mass is 16.6. The molecule has 0 aliphatic carbocycles. The molecule has 0 saturated carbocycles. The lowest BCUT2D eigenvalue weighted by Gasteiger charge is -1.91. The molecule has 0 bridgehead atoms. The molecule has 11 heavy (non-hydrogen) atoms. The normalized spacial score (nSPS) is 10.5. The van der Waals surface area contributed by atoms with Crippen LogP contribution in [0.25, 0.3) is 0 Å². The second-order valence-corrected chi connectivity index (χ2v) is 1.66. The highest BCUT2D eigenvalue weighted by Gasteiger charge is 2.00. The molecule has 6 N–H and O–H groups in total. The predicted octanol–water partition coefficient (Wildman–Crippen LogP) is -3.36. The first-order chi connectivity index (χ1) is 5.06. The largest absolute Gasteiger partial charge is 0.319 e. The van der Waals surface area contributed by atoms with Crippen LogP contribution in [0.2, 0.25) is 0 Å². The summed E-state index contributed by atoms with van der Waals surface area (Å²) in [5.41, 5.74) is 10.0. The number of rotatable bonds is 3. The Morgan fingerprint density at radius 3 is 2.55 bits per heavy atom. The Morgan fingerprint density at radius 1 is 1.73 bits per heavy atom. The lowest BCUT2D eigenvalue weighted by Crippen LogP contribution is -2.78. The minimum absolute atomic E-state index is 0.104. The molecule has 7 nitrogen and oxygen atoms in total. The van der Waals surface area contributed by atoms with Crippen molar-refractivity contribution in [1.29, 1.82) is 0 Å². The van der Waals surface area contributed by atoms with Crippen LogP contribution in [-0.4, -0.2) is 17.9 Å². The molecule has 0 aromatic rings. The Labute approximate surface area is 62.9 Å². The molecular formula is C4H10N5O2+. The van der Waals surface area contributed by atoms with E-state index >= 15 is 0 Å². The fraction of sp³-hybridized carbons (Fsp3) is 0.250. The monoisotopic (exact) mass is 160 g/mol. The van der Waals surface area contributed by atoms with Gasteiger partial charge in [-0.15, -0.1) is 0 Å². The molecule has 0 aliphatic heterocycles. The molecule has 62 valence electrons. The number of nitrogens with two attached hydrogens (primary N) is 2. The second kappa shape index (κ2) is 4.09. The van der Waals surface area contributed by atoms with E-state index in [4.69, 9.17) is 11.5 Å². The average Bonchev–Trinajstić information content (AvgIpc) is 1.84. The SMILES string of the molecule is CNC(=C[N+](=O)[O-])[NH+]=C(N)N. The van der Waals surface area contributed by atoms with E-state index in [9.17, 15) is 10.1 Å². The van der Waals surface area contributed by atoms with E-state index in [2.05, 4.69) is 10.3 Å². The first-order valence-corrected chi connectivity index (χ1v) is 2.74. The molecule has 0 saturated heterocycles. The zero-order valence-corrected chi connectivity index (χ0v) is 6.00. The summed E-state index contributed by atoms with van der Waals surface area (Å²) in [6.07, 6.45) is 0.722. The summed E-state index contributed by atoms with van der Waals surface area (Å²) in [7, 11) is 1.51. The molecule has 0 rings (SSSR count). The van der Waals surface area contributed by atoms with Crippen LogP contribution in [0.15, 0.2) is 12.0 Å². The third-order valence-corrected chi connectivity index (χ3v) is 0.783. The maximum Gasteiger partial charge on any atom is 0.302 e. The molecule has 0 aromatic heterocycles. The van der Waals surface area contributed by atoms with E-state index in [0.717, 1.165) is 6.20 Å². The summed E-state index contributed by atoms with van der Waals surface area (Å²) in [4.78, 5) is 11.6. The van der Waals surface area contributed by atoms with Crippen LogP contribution >= 0.6 is 0 Å². The minimum atomic E-state index is -0.623. The summed E-state index contributed by atoms with van der Waals surface area (Å²) in [6, 6.07) is 0. The van der Waals surface area contributed by atoms with Crippen molar-refractivity contribution in [2.45, 2.75) is 0 Å². The molecule has 0 radical (unpaired) electrons. The number of hydrogen-bond acceptors (Lipinski definition) is 3. The van der Waals surface area contributed by atoms with Crippen molar-refractivity contribution in [3.8, 4) is 0 Å². The van der Waals surface area contributed by atoms with E-state index in [-0.39, 0.29) is 11.8 Å². The van der Waals surface area contributed by atoms with Gasteiger partial charge < -0.3 is 16.8 Å². The van der Waals surface area contributed by atoms with Crippen molar-refractivity contribution >= 4 is 5.96 Å². The number of hydrogen-bond donors (Lipinski definition) is 4. The van der Waals surface area contributed by atoms with E-state index in [1.54, 1.807) is 0 Å². The van der Waals surface area contributed by atoms with Gasteiger partial charge in [0.25, 0.3) is 12.0 Å². The second-order valence-electron chi connectivity index (χ2n) is 1.66. The van der Waals surface area contributed by atoms with Crippen molar-refractivity contribution in [2.24, 2.45) is 11.5 Å². The van der Waals surface area contributed by atoms with Crippen LogP contribution in [0, 0.1) is 10.1 Å². The van der Waals surface area contributed by atoms with Crippen LogP contribution in [0.1, 0.15) is 0 Å². The van der Waals surface area contributed by atoms with Gasteiger partial charge in [0.2, 0.25) is 0 Å². The molecule has 0 unspecified atom stereocenters. The summed E-state index contributed by atoms with van der Waals surface area (Å²) >= 11 is 0. The minimum Gasteiger partial charge on any atom is -0.319 e. The molecule has 0 fully saturated rings. The molecule has 0 heterocycles. The molecule has 7 heteroatoms. The third kappa shape index (κ3) is 4.70. The van der Waals surface area contributed by atoms with Crippen LogP contribution < -0.4 is 21.8 Å². The summed E-state index contributed by atoms with van der Waals surface area (Å²) < 4.78 is 0. The number of guanidine groups is 1. The maximum atomic E-state index is 9.91. The topological polar surface area (TPSA) is 121 Å². The van der Waals surface area contributed by atoms with Gasteiger partial charge in [0.1, 0.15) is 0 Å². The molecule has 0 atom stereocenters. The Balaban J connectivity index is 4.41. The Morgan fingerprint density at radius 2 is 2.27 bits per heavy atom. The lowest BCUT2D eigenvalue weighted by atomic mass is 10.7. The van der Waals surface area contributed by atoms with Crippen LogP contribution in [0.3, 0.4) is 0 Å². The van der Waals surface area contributed by atoms with Gasteiger partial charge in [-0.1, -0.05) is 0 Å². The quantitative estimate of drug-likeness (QED) is 0.149. The average molecular weight is 160 g/mol. The van der Waals surface area contributed by atoms with Gasteiger partial charge in [0.05, 0.1) is 4.92 Å². The van der Waals surface area contributed by atoms with Crippen molar-refractivity contribution in [3.05, 3.63) is 22.1 Å². The van der Waals surface area contributed by atoms with E-state index in [0.29, 0.717) is 0 Å². The highest BCUT2D eigenvalue weighted by Crippen LogP contribution is 1.72. The fourth-order valence-corrected chi connectivity index (χ4v) is 0.420. The van der Waals surface area contributed by atoms with E-state index < -0.39 is 4.92 Å². The van der Waals surface area contributed by atoms with Gasteiger partial charge >= 0.3 is 5.96 Å². The zero-order valence-electron chi connectivity index (χ0n) is 6.00. The van der Waals surface area contributed by atoms with Gasteiger partial charge in [-0.05, 0) is 0 Å². The van der Waals surface area contributed by atoms with Gasteiger partial charge in [-0.2, -0.15) is 0 Å². The first kappa shape index (κ1) is 9.21. The highest BCUT2D eigenvalue weighted by molar-refractivity contribution is 5.69. The van der Waals surface area contributed by atoms with Crippen molar-refractivity contribution in [1.82, 2.24) is 5.32 Å². The van der Waals surface area contributed by atoms with Crippen LogP contribution in [0.4, 0.5) is 0 Å². The van der Waals surface area contributed by atoms with Gasteiger partial charge in [-0.25, -0.2) is 4.99 Å². The molecular weight excluding hydrogens is 150 g/mol. The Hall–Kier alpha value is -1.79. The zero-order chi connectivity index (χ0) is 8.85. The molecule has 0 aromatic carbocycles. The van der Waals surface area contributed by atoms with Crippen LogP contribution in [-0.2, 0) is 0 Å². The standard InChI is InChI=1S/C4H9N5O2/c1-7-3(2-9(10)11)8-4(5)6/h2,7H,1H3,(H4,5,6,8)/p+1. The summed E-state index contributed by atoms with van der Waals surface area (Å²) in [6.45, 7) is 0. The van der Waals surface area contributed by atoms with Gasteiger partial charge in [-0.3, -0.25) is 10.1 Å². The smallest absolute Gasteiger partial charge is 0.302 e. The van der Waals surface area contributed by atoms with Crippen molar-refractivity contribution < 1.29 is 9.92 Å². The molecule has 0 amide bonds. The Bertz CT molecular complexity index is 205. The predicted molar refractivity (Wildman–Crippen MR) is 38.5 cm³/mol. The van der Waals surface area contributed by atoms with Gasteiger partial charge in [0, 0.05) is 7.05 Å². The lowest BCUT2D eigenvalue weighted by molar-refractivity contribution is -0.449. The molecule has 0 spiro atoms. The van der Waals surface area contributed by atoms with Crippen molar-refractivity contribution in [3.63, 3.8) is 0 Å². The summed E-state index contributed by atoms with van der Waals surface area (Å²) in [5.74, 6) is 0.0300. The third-order valence-electron chi connectivity index (χ3n) is 0.783. The van der Waals surface area contributed by atoms with Crippen LogP contribution in [0.5, 0.6) is 0 Å². The summed E-state index contributed by atoms with van der Waals surface area (Å²) in [5, 5.41) is 12.4. The van der Waals surface area contributed by atoms with E-state index in [1.807, 2.05) is 0 Å². The maximum absolute atomic E-state index is 9.91. The number of nitro groups is 1. The van der Waals surface area contributed by atoms with Gasteiger partial charge in [0.15, 0.2) is 0 Å². The number of nitrogens with zero attached hydrogens (tertiary/aromatic N) is 1. The first-order valence-electron chi connectivity index (χ1n) is 2.74. The van der Waals surface area contributed by atoms with Crippen molar-refractivity contribution in [2.75, 3.05) is 7.05 Å².